The van der Waals surface area contributed by atoms with Crippen molar-refractivity contribution in [2.24, 2.45) is 0 Å². The molecule has 1 atom stereocenters. The molecular weight excluding hydrogens is 190 g/mol. The predicted molar refractivity (Wildman–Crippen MR) is 61.0 cm³/mol. The van der Waals surface area contributed by atoms with E-state index in [2.05, 4.69) is 0 Å². The number of aliphatic hydroxyl groups excluding tert-OH is 1. The van der Waals surface area contributed by atoms with Gasteiger partial charge in [0, 0.05) is 18.3 Å². The smallest absolute Gasteiger partial charge is 0.253 e. The van der Waals surface area contributed by atoms with Crippen LogP contribution in [-0.4, -0.2) is 15.8 Å². The van der Waals surface area contributed by atoms with Crippen molar-refractivity contribution in [2.45, 2.75) is 45.8 Å². The lowest BCUT2D eigenvalue weighted by molar-refractivity contribution is 0.155. The number of aryl methyl sites for hydroxylation is 2. The predicted octanol–water partition coefficient (Wildman–Crippen LogP) is 1.71. The van der Waals surface area contributed by atoms with Gasteiger partial charge in [0.25, 0.3) is 5.56 Å². The van der Waals surface area contributed by atoms with Crippen LogP contribution < -0.4 is 5.56 Å². The second kappa shape index (κ2) is 5.71. The van der Waals surface area contributed by atoms with Gasteiger partial charge in [-0.05, 0) is 32.3 Å². The Kier molecular flexibility index (Phi) is 4.56. The molecule has 0 amide bonds. The van der Waals surface area contributed by atoms with Gasteiger partial charge in [-0.15, -0.1) is 0 Å². The van der Waals surface area contributed by atoms with E-state index in [-0.39, 0.29) is 11.7 Å². The number of rotatable bonds is 5. The summed E-state index contributed by atoms with van der Waals surface area (Å²) in [7, 11) is 0. The summed E-state index contributed by atoms with van der Waals surface area (Å²) >= 11 is 0. The summed E-state index contributed by atoms with van der Waals surface area (Å²) in [5.41, 5.74) is 0.844. The largest absolute Gasteiger partial charge is 0.393 e. The van der Waals surface area contributed by atoms with Gasteiger partial charge in [0.1, 0.15) is 0 Å². The zero-order valence-corrected chi connectivity index (χ0v) is 9.44. The first-order chi connectivity index (χ1) is 7.15. The first-order valence-electron chi connectivity index (χ1n) is 5.49. The van der Waals surface area contributed by atoms with Gasteiger partial charge in [0.05, 0.1) is 6.10 Å². The van der Waals surface area contributed by atoms with Crippen LogP contribution in [-0.2, 0) is 6.54 Å². The Hall–Kier alpha value is -1.09. The van der Waals surface area contributed by atoms with Crippen LogP contribution in [0.15, 0.2) is 23.1 Å². The monoisotopic (exact) mass is 209 g/mol. The van der Waals surface area contributed by atoms with E-state index in [0.717, 1.165) is 24.8 Å². The summed E-state index contributed by atoms with van der Waals surface area (Å²) in [4.78, 5) is 11.6. The molecule has 1 N–H and O–H groups in total. The minimum Gasteiger partial charge on any atom is -0.393 e. The highest BCUT2D eigenvalue weighted by atomic mass is 16.3. The number of pyridine rings is 1. The van der Waals surface area contributed by atoms with Crippen molar-refractivity contribution in [1.82, 2.24) is 4.57 Å². The van der Waals surface area contributed by atoms with E-state index in [1.54, 1.807) is 10.8 Å². The molecule has 1 aromatic heterocycles. The Morgan fingerprint density at radius 2 is 2.27 bits per heavy atom. The number of hydrogen-bond acceptors (Lipinski definition) is 2. The second-order valence-corrected chi connectivity index (χ2v) is 3.89. The summed E-state index contributed by atoms with van der Waals surface area (Å²) in [5.74, 6) is 0. The van der Waals surface area contributed by atoms with Gasteiger partial charge in [-0.2, -0.15) is 0 Å². The molecular formula is C12H19NO2. The number of nitrogens with zero attached hydrogens (tertiary/aromatic N) is 1. The highest BCUT2D eigenvalue weighted by molar-refractivity contribution is 5.07. The van der Waals surface area contributed by atoms with E-state index in [1.165, 1.54) is 0 Å². The summed E-state index contributed by atoms with van der Waals surface area (Å²) in [5, 5.41) is 9.37. The van der Waals surface area contributed by atoms with E-state index in [4.69, 9.17) is 0 Å². The molecule has 0 saturated carbocycles. The molecule has 0 fully saturated rings. The standard InChI is InChI=1S/C12H19NO2/c1-3-11(14)7-5-9-13-8-4-6-10(2)12(13)15/h4,6,8,11,14H,3,5,7,9H2,1-2H3. The van der Waals surface area contributed by atoms with Crippen LogP contribution in [0, 0.1) is 6.92 Å². The number of aliphatic hydroxyl groups is 1. The van der Waals surface area contributed by atoms with Crippen LogP contribution in [0.25, 0.3) is 0 Å². The molecule has 0 radical (unpaired) electrons. The molecule has 0 saturated heterocycles. The fraction of sp³-hybridized carbons (Fsp3) is 0.583. The highest BCUT2D eigenvalue weighted by Gasteiger charge is 2.02. The first kappa shape index (κ1) is 12.0. The molecule has 15 heavy (non-hydrogen) atoms. The maximum Gasteiger partial charge on any atom is 0.253 e. The van der Waals surface area contributed by atoms with Gasteiger partial charge in [-0.1, -0.05) is 13.0 Å². The Bertz CT molecular complexity index is 357. The van der Waals surface area contributed by atoms with Crippen LogP contribution in [0.1, 0.15) is 31.7 Å². The van der Waals surface area contributed by atoms with E-state index in [0.29, 0.717) is 6.54 Å². The summed E-state index contributed by atoms with van der Waals surface area (Å²) in [6.45, 7) is 4.47. The zero-order valence-electron chi connectivity index (χ0n) is 9.44. The van der Waals surface area contributed by atoms with Crippen molar-refractivity contribution in [2.75, 3.05) is 0 Å². The lowest BCUT2D eigenvalue weighted by Gasteiger charge is -2.09. The quantitative estimate of drug-likeness (QED) is 0.802. The topological polar surface area (TPSA) is 42.2 Å². The maximum atomic E-state index is 11.6. The third-order valence-electron chi connectivity index (χ3n) is 2.62. The summed E-state index contributed by atoms with van der Waals surface area (Å²) in [6, 6.07) is 3.70. The van der Waals surface area contributed by atoms with E-state index in [9.17, 15) is 9.90 Å². The minimum absolute atomic E-state index is 0.0727. The van der Waals surface area contributed by atoms with Crippen molar-refractivity contribution in [3.05, 3.63) is 34.2 Å². The normalized spacial score (nSPS) is 12.7. The second-order valence-electron chi connectivity index (χ2n) is 3.89. The molecule has 0 spiro atoms. The van der Waals surface area contributed by atoms with Crippen LogP contribution in [0.5, 0.6) is 0 Å². The third kappa shape index (κ3) is 3.51. The molecule has 0 aliphatic carbocycles. The average Bonchev–Trinajstić information content (AvgIpc) is 2.24. The molecule has 1 rings (SSSR count). The minimum atomic E-state index is -0.231. The lowest BCUT2D eigenvalue weighted by atomic mass is 10.1. The summed E-state index contributed by atoms with van der Waals surface area (Å²) < 4.78 is 1.71. The number of hydrogen-bond donors (Lipinski definition) is 1. The van der Waals surface area contributed by atoms with Crippen molar-refractivity contribution in [1.29, 1.82) is 0 Å². The molecule has 0 aliphatic rings. The molecule has 0 aromatic carbocycles. The Morgan fingerprint density at radius 3 is 2.93 bits per heavy atom. The molecule has 0 bridgehead atoms. The van der Waals surface area contributed by atoms with Crippen molar-refractivity contribution in [3.8, 4) is 0 Å². The molecule has 3 heteroatoms. The van der Waals surface area contributed by atoms with Crippen molar-refractivity contribution in [3.63, 3.8) is 0 Å². The molecule has 0 aliphatic heterocycles. The van der Waals surface area contributed by atoms with Gasteiger partial charge in [-0.25, -0.2) is 0 Å². The molecule has 1 heterocycles. The summed E-state index contributed by atoms with van der Waals surface area (Å²) in [6.07, 6.45) is 3.96. The van der Waals surface area contributed by atoms with Crippen LogP contribution in [0.2, 0.25) is 0 Å². The van der Waals surface area contributed by atoms with Crippen molar-refractivity contribution < 1.29 is 5.11 Å². The lowest BCUT2D eigenvalue weighted by Crippen LogP contribution is -2.21. The van der Waals surface area contributed by atoms with Gasteiger partial charge in [0.15, 0.2) is 0 Å². The van der Waals surface area contributed by atoms with Crippen LogP contribution in [0.4, 0.5) is 0 Å². The molecule has 1 unspecified atom stereocenters. The highest BCUT2D eigenvalue weighted by Crippen LogP contribution is 2.02. The zero-order chi connectivity index (χ0) is 11.3. The Labute approximate surface area is 90.4 Å². The average molecular weight is 209 g/mol. The molecule has 1 aromatic rings. The fourth-order valence-corrected chi connectivity index (χ4v) is 1.53. The van der Waals surface area contributed by atoms with E-state index >= 15 is 0 Å². The SMILES string of the molecule is CCC(O)CCCn1cccc(C)c1=O. The van der Waals surface area contributed by atoms with E-state index < -0.39 is 0 Å². The van der Waals surface area contributed by atoms with Gasteiger partial charge >= 0.3 is 0 Å². The maximum absolute atomic E-state index is 11.6. The Balaban J connectivity index is 2.51. The van der Waals surface area contributed by atoms with Crippen molar-refractivity contribution >= 4 is 0 Å². The van der Waals surface area contributed by atoms with Gasteiger partial charge in [0.2, 0.25) is 0 Å². The third-order valence-corrected chi connectivity index (χ3v) is 2.62. The number of aromatic nitrogens is 1. The molecule has 3 nitrogen and oxygen atoms in total. The fourth-order valence-electron chi connectivity index (χ4n) is 1.53. The Morgan fingerprint density at radius 1 is 1.53 bits per heavy atom. The van der Waals surface area contributed by atoms with Crippen LogP contribution in [0.3, 0.4) is 0 Å². The molecule has 84 valence electrons. The van der Waals surface area contributed by atoms with E-state index in [1.807, 2.05) is 26.0 Å². The van der Waals surface area contributed by atoms with Gasteiger partial charge < -0.3 is 9.67 Å². The van der Waals surface area contributed by atoms with Gasteiger partial charge in [-0.3, -0.25) is 4.79 Å². The first-order valence-corrected chi connectivity index (χ1v) is 5.49. The van der Waals surface area contributed by atoms with Crippen LogP contribution >= 0.6 is 0 Å².